The molecular weight excluding hydrogens is 507 g/mol. The van der Waals surface area contributed by atoms with Gasteiger partial charge in [-0.2, -0.15) is 13.7 Å². The van der Waals surface area contributed by atoms with E-state index >= 15 is 0 Å². The van der Waals surface area contributed by atoms with E-state index in [4.69, 9.17) is 0 Å². The van der Waals surface area contributed by atoms with Crippen molar-refractivity contribution >= 4 is 32.2 Å². The van der Waals surface area contributed by atoms with Crippen LogP contribution >= 0.6 is 0 Å². The molecule has 3 aromatic rings. The Hall–Kier alpha value is -3.45. The number of hydrazone groups is 1. The second-order valence-corrected chi connectivity index (χ2v) is 11.7. The van der Waals surface area contributed by atoms with Crippen LogP contribution in [0.2, 0.25) is 0 Å². The van der Waals surface area contributed by atoms with Crippen LogP contribution in [0.4, 0.5) is 4.39 Å². The van der Waals surface area contributed by atoms with Gasteiger partial charge in [-0.1, -0.05) is 54.6 Å². The van der Waals surface area contributed by atoms with Crippen molar-refractivity contribution in [1.82, 2.24) is 14.0 Å². The zero-order chi connectivity index (χ0) is 25.8. The minimum Gasteiger partial charge on any atom is -0.271 e. The molecule has 9 nitrogen and oxygen atoms in total. The molecule has 4 rings (SSSR count). The lowest BCUT2D eigenvalue weighted by Gasteiger charge is -2.38. The highest BCUT2D eigenvalue weighted by Crippen LogP contribution is 2.25. The summed E-state index contributed by atoms with van der Waals surface area (Å²) in [6.07, 6.45) is 1.09. The number of amides is 1. The number of benzene rings is 3. The number of hydrogen-bond acceptors (Lipinski definition) is 6. The molecule has 0 bridgehead atoms. The largest absolute Gasteiger partial charge is 0.271 e. The van der Waals surface area contributed by atoms with E-state index in [9.17, 15) is 26.0 Å². The van der Waals surface area contributed by atoms with Crippen molar-refractivity contribution < 1.29 is 26.0 Å². The summed E-state index contributed by atoms with van der Waals surface area (Å²) in [4.78, 5) is 13.1. The fourth-order valence-electron chi connectivity index (χ4n) is 3.75. The van der Waals surface area contributed by atoms with E-state index in [0.29, 0.717) is 0 Å². The quantitative estimate of drug-likeness (QED) is 0.371. The van der Waals surface area contributed by atoms with E-state index in [1.54, 1.807) is 42.5 Å². The lowest BCUT2D eigenvalue weighted by Crippen LogP contribution is -2.60. The third-order valence-electron chi connectivity index (χ3n) is 5.61. The SMILES string of the molecule is O=C(N/N=C\c1ccccc1F)[C@@H]1CN(S(=O)(=O)c2ccccc2)CCN1S(=O)(=O)c1ccccc1. The van der Waals surface area contributed by atoms with Gasteiger partial charge < -0.3 is 0 Å². The molecule has 1 N–H and O–H groups in total. The molecule has 188 valence electrons. The summed E-state index contributed by atoms with van der Waals surface area (Å²) in [6.45, 7) is -0.825. The minimum absolute atomic E-state index is 0.0288. The Labute approximate surface area is 209 Å². The van der Waals surface area contributed by atoms with Gasteiger partial charge in [-0.15, -0.1) is 0 Å². The summed E-state index contributed by atoms with van der Waals surface area (Å²) in [6, 6.07) is 19.6. The smallest absolute Gasteiger partial charge is 0.259 e. The topological polar surface area (TPSA) is 116 Å². The fourth-order valence-corrected chi connectivity index (χ4v) is 6.80. The Kier molecular flexibility index (Phi) is 7.59. The number of carbonyl (C=O) groups excluding carboxylic acids is 1. The highest BCUT2D eigenvalue weighted by atomic mass is 32.2. The number of hydrogen-bond donors (Lipinski definition) is 1. The Balaban J connectivity index is 1.63. The van der Waals surface area contributed by atoms with Gasteiger partial charge in [0.1, 0.15) is 11.9 Å². The zero-order valence-electron chi connectivity index (χ0n) is 18.9. The van der Waals surface area contributed by atoms with Crippen molar-refractivity contribution in [2.45, 2.75) is 15.8 Å². The van der Waals surface area contributed by atoms with Gasteiger partial charge in [0.2, 0.25) is 20.0 Å². The lowest BCUT2D eigenvalue weighted by atomic mass is 10.2. The van der Waals surface area contributed by atoms with Gasteiger partial charge in [0.25, 0.3) is 5.91 Å². The first-order chi connectivity index (χ1) is 17.2. The predicted octanol–water partition coefficient (Wildman–Crippen LogP) is 2.04. The van der Waals surface area contributed by atoms with Crippen molar-refractivity contribution in [3.63, 3.8) is 0 Å². The van der Waals surface area contributed by atoms with Gasteiger partial charge in [0, 0.05) is 25.2 Å². The summed E-state index contributed by atoms with van der Waals surface area (Å²) in [5.41, 5.74) is 2.34. The number of nitrogens with zero attached hydrogens (tertiary/aromatic N) is 3. The summed E-state index contributed by atoms with van der Waals surface area (Å²) in [7, 11) is -8.12. The molecule has 36 heavy (non-hydrogen) atoms. The van der Waals surface area contributed by atoms with Crippen molar-refractivity contribution in [2.24, 2.45) is 5.10 Å². The van der Waals surface area contributed by atoms with E-state index in [2.05, 4.69) is 10.5 Å². The van der Waals surface area contributed by atoms with Crippen LogP contribution in [0, 0.1) is 5.82 Å². The van der Waals surface area contributed by atoms with E-state index in [1.807, 2.05) is 0 Å². The Morgan fingerprint density at radius 3 is 2.00 bits per heavy atom. The summed E-state index contributed by atoms with van der Waals surface area (Å²) in [5.74, 6) is -1.41. The highest BCUT2D eigenvalue weighted by Gasteiger charge is 2.43. The van der Waals surface area contributed by atoms with E-state index in [1.165, 1.54) is 42.5 Å². The number of carbonyl (C=O) groups is 1. The standard InChI is InChI=1S/C24H23FN4O5S2/c25-22-14-8-7-9-19(22)17-26-27-24(30)23-18-28(35(31,32)20-10-3-1-4-11-20)15-16-29(23)36(33,34)21-12-5-2-6-13-21/h1-14,17,23H,15-16,18H2,(H,27,30)/b26-17-/t23-/m0/s1. The highest BCUT2D eigenvalue weighted by molar-refractivity contribution is 7.89. The summed E-state index contributed by atoms with van der Waals surface area (Å²) < 4.78 is 69.0. The van der Waals surface area contributed by atoms with Crippen molar-refractivity contribution in [2.75, 3.05) is 19.6 Å². The molecule has 0 unspecified atom stereocenters. The van der Waals surface area contributed by atoms with Crippen LogP contribution in [0.25, 0.3) is 0 Å². The molecular formula is C24H23FN4O5S2. The summed E-state index contributed by atoms with van der Waals surface area (Å²) in [5, 5.41) is 3.76. The second-order valence-electron chi connectivity index (χ2n) is 7.88. The maximum atomic E-state index is 13.9. The van der Waals surface area contributed by atoms with Crippen LogP contribution in [0.3, 0.4) is 0 Å². The number of nitrogens with one attached hydrogen (secondary N) is 1. The van der Waals surface area contributed by atoms with Gasteiger partial charge >= 0.3 is 0 Å². The Morgan fingerprint density at radius 2 is 1.39 bits per heavy atom. The Morgan fingerprint density at radius 1 is 0.833 bits per heavy atom. The van der Waals surface area contributed by atoms with Crippen LogP contribution in [-0.2, 0) is 24.8 Å². The van der Waals surface area contributed by atoms with E-state index in [-0.39, 0.29) is 28.4 Å². The molecule has 0 aromatic heterocycles. The third kappa shape index (κ3) is 5.36. The predicted molar refractivity (Wildman–Crippen MR) is 131 cm³/mol. The molecule has 0 spiro atoms. The molecule has 1 aliphatic rings. The average molecular weight is 531 g/mol. The monoisotopic (exact) mass is 530 g/mol. The molecule has 0 aliphatic carbocycles. The molecule has 1 heterocycles. The second kappa shape index (κ2) is 10.7. The molecule has 0 radical (unpaired) electrons. The minimum atomic E-state index is -4.13. The number of rotatable bonds is 7. The van der Waals surface area contributed by atoms with Crippen LogP contribution in [-0.4, -0.2) is 63.2 Å². The molecule has 1 saturated heterocycles. The number of halogens is 1. The van der Waals surface area contributed by atoms with Crippen LogP contribution in [0.5, 0.6) is 0 Å². The van der Waals surface area contributed by atoms with Crippen molar-refractivity contribution in [3.8, 4) is 0 Å². The lowest BCUT2D eigenvalue weighted by molar-refractivity contribution is -0.125. The first-order valence-corrected chi connectivity index (χ1v) is 13.8. The molecule has 1 atom stereocenters. The first-order valence-electron chi connectivity index (χ1n) is 10.9. The van der Waals surface area contributed by atoms with Gasteiger partial charge in [-0.05, 0) is 30.3 Å². The van der Waals surface area contributed by atoms with E-state index < -0.39 is 44.4 Å². The van der Waals surface area contributed by atoms with Crippen LogP contribution in [0.15, 0.2) is 99.8 Å². The Bertz CT molecular complexity index is 1470. The maximum Gasteiger partial charge on any atom is 0.259 e. The molecule has 0 saturated carbocycles. The van der Waals surface area contributed by atoms with E-state index in [0.717, 1.165) is 14.8 Å². The summed E-state index contributed by atoms with van der Waals surface area (Å²) >= 11 is 0. The first kappa shape index (κ1) is 25.6. The van der Waals surface area contributed by atoms with Gasteiger partial charge in [0.15, 0.2) is 0 Å². The van der Waals surface area contributed by atoms with Gasteiger partial charge in [-0.3, -0.25) is 4.79 Å². The average Bonchev–Trinajstić information content (AvgIpc) is 2.90. The fraction of sp³-hybridized carbons (Fsp3) is 0.167. The molecule has 1 amide bonds. The normalized spacial score (nSPS) is 17.8. The van der Waals surface area contributed by atoms with Crippen molar-refractivity contribution in [3.05, 3.63) is 96.3 Å². The number of piperazine rings is 1. The molecule has 1 aliphatic heterocycles. The van der Waals surface area contributed by atoms with Crippen molar-refractivity contribution in [1.29, 1.82) is 0 Å². The molecule has 3 aromatic carbocycles. The number of sulfonamides is 2. The van der Waals surface area contributed by atoms with Gasteiger partial charge in [0.05, 0.1) is 16.0 Å². The third-order valence-corrected chi connectivity index (χ3v) is 9.41. The maximum absolute atomic E-state index is 13.9. The van der Waals surface area contributed by atoms with Crippen LogP contribution < -0.4 is 5.43 Å². The van der Waals surface area contributed by atoms with Gasteiger partial charge in [-0.25, -0.2) is 26.7 Å². The molecule has 12 heteroatoms. The molecule has 1 fully saturated rings. The van der Waals surface area contributed by atoms with Crippen LogP contribution in [0.1, 0.15) is 5.56 Å². The zero-order valence-corrected chi connectivity index (χ0v) is 20.6.